The molecule has 0 atom stereocenters. The molecular formula is C28H28N4O5. The maximum Gasteiger partial charge on any atom is 0.302 e. The maximum absolute atomic E-state index is 13.3. The van der Waals surface area contributed by atoms with Crippen molar-refractivity contribution in [3.63, 3.8) is 0 Å². The number of nitrogens with zero attached hydrogens (tertiary/aromatic N) is 4. The zero-order valence-electron chi connectivity index (χ0n) is 20.8. The van der Waals surface area contributed by atoms with Crippen LogP contribution in [0.25, 0.3) is 11.0 Å². The number of aryl methyl sites for hydroxylation is 1. The highest BCUT2D eigenvalue weighted by Gasteiger charge is 2.32. The van der Waals surface area contributed by atoms with E-state index in [1.165, 1.54) is 6.92 Å². The van der Waals surface area contributed by atoms with Gasteiger partial charge >= 0.3 is 6.01 Å². The first kappa shape index (κ1) is 23.4. The smallest absolute Gasteiger partial charge is 0.302 e. The molecule has 0 bridgehead atoms. The minimum absolute atomic E-state index is 0.00662. The number of imidazole rings is 1. The Hall–Kier alpha value is -3.98. The number of aliphatic hydroxyl groups is 1. The standard InChI is InChI=1S/C28H28N4O5/c1-16(33)9-19-11-23(7-8-29-19)36-22-5-6-24-25(14-22)31(2)28(30-24)37-26-10-18(17-3-4-17)15-32(27(26)35)20-12-21(34)13-20/h5-8,10-11,14-15,17,20-21,34H,3-4,9,12-13H2,1-2H3. The van der Waals surface area contributed by atoms with Crippen molar-refractivity contribution in [1.29, 1.82) is 0 Å². The number of carbonyl (C=O) groups is 1. The quantitative estimate of drug-likeness (QED) is 0.381. The van der Waals surface area contributed by atoms with E-state index in [9.17, 15) is 14.7 Å². The zero-order chi connectivity index (χ0) is 25.7. The highest BCUT2D eigenvalue weighted by Crippen LogP contribution is 2.42. The molecule has 3 heterocycles. The van der Waals surface area contributed by atoms with E-state index in [2.05, 4.69) is 9.97 Å². The Balaban J connectivity index is 1.29. The van der Waals surface area contributed by atoms with E-state index >= 15 is 0 Å². The van der Waals surface area contributed by atoms with Gasteiger partial charge < -0.3 is 19.1 Å². The fourth-order valence-electron chi connectivity index (χ4n) is 4.78. The molecule has 2 aliphatic rings. The Bertz CT molecular complexity index is 1560. The third-order valence-corrected chi connectivity index (χ3v) is 7.03. The van der Waals surface area contributed by atoms with E-state index in [0.29, 0.717) is 47.5 Å². The fraction of sp³-hybridized carbons (Fsp3) is 0.357. The first-order chi connectivity index (χ1) is 17.8. The summed E-state index contributed by atoms with van der Waals surface area (Å²) in [4.78, 5) is 33.5. The molecular weight excluding hydrogens is 472 g/mol. The molecule has 1 N–H and O–H groups in total. The molecule has 6 rings (SSSR count). The summed E-state index contributed by atoms with van der Waals surface area (Å²) in [6.45, 7) is 1.53. The molecule has 3 aromatic heterocycles. The number of Topliss-reactive ketones (excluding diaryl/α,β-unsaturated/α-hetero) is 1. The molecule has 1 aromatic carbocycles. The molecule has 0 saturated heterocycles. The monoisotopic (exact) mass is 500 g/mol. The predicted molar refractivity (Wildman–Crippen MR) is 136 cm³/mol. The second kappa shape index (κ2) is 9.15. The van der Waals surface area contributed by atoms with Crippen LogP contribution in [0.2, 0.25) is 0 Å². The highest BCUT2D eigenvalue weighted by molar-refractivity contribution is 5.79. The van der Waals surface area contributed by atoms with Gasteiger partial charge in [-0.1, -0.05) is 0 Å². The Morgan fingerprint density at radius 3 is 2.62 bits per heavy atom. The Morgan fingerprint density at radius 2 is 1.89 bits per heavy atom. The lowest BCUT2D eigenvalue weighted by Crippen LogP contribution is -2.36. The van der Waals surface area contributed by atoms with Crippen molar-refractivity contribution in [3.8, 4) is 23.3 Å². The summed E-state index contributed by atoms with van der Waals surface area (Å²) in [5, 5.41) is 9.76. The van der Waals surface area contributed by atoms with Crippen LogP contribution in [-0.4, -0.2) is 36.1 Å². The molecule has 0 aliphatic heterocycles. The summed E-state index contributed by atoms with van der Waals surface area (Å²) in [5.74, 6) is 1.92. The number of ether oxygens (including phenoxy) is 2. The van der Waals surface area contributed by atoms with Gasteiger partial charge in [-0.2, -0.15) is 4.98 Å². The fourth-order valence-corrected chi connectivity index (χ4v) is 4.78. The molecule has 4 aromatic rings. The predicted octanol–water partition coefficient (Wildman–Crippen LogP) is 4.42. The number of ketones is 1. The third-order valence-electron chi connectivity index (χ3n) is 7.03. The van der Waals surface area contributed by atoms with Crippen LogP contribution in [0.3, 0.4) is 0 Å². The number of benzene rings is 1. The second-order valence-electron chi connectivity index (χ2n) is 10.1. The summed E-state index contributed by atoms with van der Waals surface area (Å²) in [6, 6.07) is 11.1. The third kappa shape index (κ3) is 4.74. The Morgan fingerprint density at radius 1 is 1.11 bits per heavy atom. The number of fused-ring (bicyclic) bond motifs is 1. The summed E-state index contributed by atoms with van der Waals surface area (Å²) in [7, 11) is 1.83. The number of carbonyl (C=O) groups excluding carboxylic acids is 1. The number of rotatable bonds is 8. The number of pyridine rings is 2. The molecule has 2 aliphatic carbocycles. The van der Waals surface area contributed by atoms with Gasteiger partial charge in [-0.15, -0.1) is 0 Å². The van der Waals surface area contributed by atoms with Crippen LogP contribution in [0.4, 0.5) is 0 Å². The Labute approximate surface area is 213 Å². The summed E-state index contributed by atoms with van der Waals surface area (Å²) in [6.07, 6.45) is 6.82. The van der Waals surface area contributed by atoms with E-state index in [1.807, 2.05) is 37.5 Å². The summed E-state index contributed by atoms with van der Waals surface area (Å²) >= 11 is 0. The molecule has 0 radical (unpaired) electrons. The lowest BCUT2D eigenvalue weighted by Gasteiger charge is -2.33. The molecule has 0 amide bonds. The molecule has 2 fully saturated rings. The van der Waals surface area contributed by atoms with E-state index in [1.54, 1.807) is 27.5 Å². The zero-order valence-corrected chi connectivity index (χ0v) is 20.8. The topological polar surface area (TPSA) is 108 Å². The molecule has 9 heteroatoms. The highest BCUT2D eigenvalue weighted by atomic mass is 16.5. The lowest BCUT2D eigenvalue weighted by molar-refractivity contribution is -0.116. The molecule has 2 saturated carbocycles. The van der Waals surface area contributed by atoms with Crippen molar-refractivity contribution in [2.45, 2.75) is 57.1 Å². The maximum atomic E-state index is 13.3. The largest absolute Gasteiger partial charge is 0.457 e. The van der Waals surface area contributed by atoms with Crippen molar-refractivity contribution in [3.05, 3.63) is 70.4 Å². The van der Waals surface area contributed by atoms with Crippen LogP contribution in [-0.2, 0) is 18.3 Å². The first-order valence-corrected chi connectivity index (χ1v) is 12.5. The van der Waals surface area contributed by atoms with Crippen LogP contribution in [0.15, 0.2) is 53.6 Å². The van der Waals surface area contributed by atoms with Crippen LogP contribution in [0.1, 0.15) is 55.8 Å². The van der Waals surface area contributed by atoms with Gasteiger partial charge in [0.1, 0.15) is 17.3 Å². The second-order valence-corrected chi connectivity index (χ2v) is 10.1. The van der Waals surface area contributed by atoms with Gasteiger partial charge in [-0.25, -0.2) is 0 Å². The molecule has 9 nitrogen and oxygen atoms in total. The minimum Gasteiger partial charge on any atom is -0.457 e. The van der Waals surface area contributed by atoms with E-state index in [4.69, 9.17) is 9.47 Å². The van der Waals surface area contributed by atoms with Crippen LogP contribution in [0.5, 0.6) is 23.3 Å². The van der Waals surface area contributed by atoms with Crippen molar-refractivity contribution < 1.29 is 19.4 Å². The van der Waals surface area contributed by atoms with Gasteiger partial charge in [0.2, 0.25) is 0 Å². The van der Waals surface area contributed by atoms with E-state index < -0.39 is 0 Å². The van der Waals surface area contributed by atoms with Gasteiger partial charge in [-0.3, -0.25) is 19.1 Å². The Kier molecular flexibility index (Phi) is 5.79. The summed E-state index contributed by atoms with van der Waals surface area (Å²) < 4.78 is 15.6. The van der Waals surface area contributed by atoms with Crippen LogP contribution >= 0.6 is 0 Å². The van der Waals surface area contributed by atoms with Crippen LogP contribution in [0, 0.1) is 0 Å². The average molecular weight is 501 g/mol. The van der Waals surface area contributed by atoms with Gasteiger partial charge in [0.15, 0.2) is 5.75 Å². The van der Waals surface area contributed by atoms with Gasteiger partial charge in [-0.05, 0) is 68.4 Å². The molecule has 0 unspecified atom stereocenters. The van der Waals surface area contributed by atoms with Crippen molar-refractivity contribution in [2.24, 2.45) is 7.05 Å². The van der Waals surface area contributed by atoms with Crippen molar-refractivity contribution in [1.82, 2.24) is 19.1 Å². The number of hydrogen-bond donors (Lipinski definition) is 1. The SMILES string of the molecule is CC(=O)Cc1cc(Oc2ccc3nc(Oc4cc(C5CC5)cn(C5CC(O)C5)c4=O)n(C)c3c2)ccn1. The average Bonchev–Trinajstić information content (AvgIpc) is 3.64. The van der Waals surface area contributed by atoms with Gasteiger partial charge in [0.25, 0.3) is 5.56 Å². The molecule has 0 spiro atoms. The van der Waals surface area contributed by atoms with Crippen molar-refractivity contribution in [2.75, 3.05) is 0 Å². The minimum atomic E-state index is -0.352. The van der Waals surface area contributed by atoms with E-state index in [0.717, 1.165) is 23.9 Å². The van der Waals surface area contributed by atoms with E-state index in [-0.39, 0.29) is 35.7 Å². The van der Waals surface area contributed by atoms with Gasteiger partial charge in [0, 0.05) is 44.0 Å². The van der Waals surface area contributed by atoms with Gasteiger partial charge in [0.05, 0.1) is 22.8 Å². The number of hydrogen-bond acceptors (Lipinski definition) is 7. The molecule has 37 heavy (non-hydrogen) atoms. The lowest BCUT2D eigenvalue weighted by atomic mass is 9.89. The molecule has 190 valence electrons. The number of aromatic nitrogens is 4. The number of aliphatic hydroxyl groups excluding tert-OH is 1. The van der Waals surface area contributed by atoms with Crippen molar-refractivity contribution >= 4 is 16.8 Å². The first-order valence-electron chi connectivity index (χ1n) is 12.5. The van der Waals surface area contributed by atoms with Crippen LogP contribution < -0.4 is 15.0 Å². The normalized spacial score (nSPS) is 19.0. The summed E-state index contributed by atoms with van der Waals surface area (Å²) in [5.41, 5.74) is 3.02.